The highest BCUT2D eigenvalue weighted by atomic mass is 16.2. The molecule has 0 fully saturated rings. The van der Waals surface area contributed by atoms with Gasteiger partial charge in [0.2, 0.25) is 0 Å². The molecule has 1 amide bonds. The van der Waals surface area contributed by atoms with E-state index in [2.05, 4.69) is 15.0 Å². The lowest BCUT2D eigenvalue weighted by Gasteiger charge is -2.17. The molecule has 0 saturated carbocycles. The lowest BCUT2D eigenvalue weighted by molar-refractivity contribution is 0.205. The fraction of sp³-hybridized carbons (Fsp3) is 0.286. The minimum Gasteiger partial charge on any atom is -0.324 e. The van der Waals surface area contributed by atoms with Crippen molar-refractivity contribution in [2.24, 2.45) is 0 Å². The number of imidazole rings is 1. The fourth-order valence-corrected chi connectivity index (χ4v) is 2.30. The number of benzene rings is 1. The topological polar surface area (TPSA) is 83.9 Å². The smallest absolute Gasteiger partial charge is 0.324 e. The van der Waals surface area contributed by atoms with Crippen LogP contribution in [0.3, 0.4) is 0 Å². The van der Waals surface area contributed by atoms with Gasteiger partial charge in [-0.05, 0) is 26.0 Å². The standard InChI is InChI=1S/C14H15N5O2/c1-3-18(4-2)14(21)19-12-11(17-13(19)20)15-9-7-5-6-8-10(9)16-12/h5-8H,3-4H2,1-2H3,(H,15,17,20). The van der Waals surface area contributed by atoms with E-state index < -0.39 is 5.69 Å². The number of amides is 1. The van der Waals surface area contributed by atoms with E-state index >= 15 is 0 Å². The number of aromatic nitrogens is 4. The molecule has 2 heterocycles. The Hall–Kier alpha value is -2.70. The van der Waals surface area contributed by atoms with Crippen molar-refractivity contribution in [1.82, 2.24) is 24.4 Å². The summed E-state index contributed by atoms with van der Waals surface area (Å²) >= 11 is 0. The van der Waals surface area contributed by atoms with Crippen molar-refractivity contribution in [2.45, 2.75) is 13.8 Å². The molecule has 0 aliphatic carbocycles. The first kappa shape index (κ1) is 13.3. The molecule has 7 nitrogen and oxygen atoms in total. The van der Waals surface area contributed by atoms with Gasteiger partial charge in [0.15, 0.2) is 11.3 Å². The van der Waals surface area contributed by atoms with Crippen LogP contribution in [-0.4, -0.2) is 43.5 Å². The molecular weight excluding hydrogens is 270 g/mol. The third-order valence-electron chi connectivity index (χ3n) is 3.42. The lowest BCUT2D eigenvalue weighted by atomic mass is 10.3. The molecule has 0 unspecified atom stereocenters. The first-order chi connectivity index (χ1) is 10.2. The molecule has 2 aromatic heterocycles. The highest BCUT2D eigenvalue weighted by Crippen LogP contribution is 2.13. The Labute approximate surface area is 120 Å². The van der Waals surface area contributed by atoms with Gasteiger partial charge >= 0.3 is 11.7 Å². The van der Waals surface area contributed by atoms with Gasteiger partial charge in [-0.1, -0.05) is 12.1 Å². The second kappa shape index (κ2) is 5.01. The molecule has 7 heteroatoms. The summed E-state index contributed by atoms with van der Waals surface area (Å²) in [6.45, 7) is 4.77. The average molecular weight is 285 g/mol. The number of nitrogens with one attached hydrogen (secondary N) is 1. The van der Waals surface area contributed by atoms with Gasteiger partial charge in [-0.3, -0.25) is 4.98 Å². The van der Waals surface area contributed by atoms with E-state index in [9.17, 15) is 9.59 Å². The van der Waals surface area contributed by atoms with Gasteiger partial charge < -0.3 is 4.90 Å². The zero-order valence-corrected chi connectivity index (χ0v) is 11.8. The zero-order chi connectivity index (χ0) is 15.0. The summed E-state index contributed by atoms with van der Waals surface area (Å²) in [4.78, 5) is 37.4. The van der Waals surface area contributed by atoms with Crippen molar-refractivity contribution in [2.75, 3.05) is 13.1 Å². The van der Waals surface area contributed by atoms with Crippen LogP contribution in [0.1, 0.15) is 13.8 Å². The average Bonchev–Trinajstić information content (AvgIpc) is 2.80. The summed E-state index contributed by atoms with van der Waals surface area (Å²) in [5.74, 6) is 0. The number of rotatable bonds is 2. The highest BCUT2D eigenvalue weighted by Gasteiger charge is 2.20. The molecule has 108 valence electrons. The summed E-state index contributed by atoms with van der Waals surface area (Å²) in [5, 5.41) is 0. The van der Waals surface area contributed by atoms with Gasteiger partial charge in [0.05, 0.1) is 11.0 Å². The third kappa shape index (κ3) is 2.06. The second-order valence-electron chi connectivity index (χ2n) is 4.60. The number of fused-ring (bicyclic) bond motifs is 2. The van der Waals surface area contributed by atoms with Crippen LogP contribution in [0.5, 0.6) is 0 Å². The number of hydrogen-bond donors (Lipinski definition) is 1. The van der Waals surface area contributed by atoms with Crippen LogP contribution in [0.2, 0.25) is 0 Å². The van der Waals surface area contributed by atoms with Crippen LogP contribution in [0.15, 0.2) is 29.1 Å². The molecule has 3 rings (SSSR count). The molecule has 21 heavy (non-hydrogen) atoms. The molecule has 0 atom stereocenters. The fourth-order valence-electron chi connectivity index (χ4n) is 2.30. The number of aromatic amines is 1. The number of carbonyl (C=O) groups excluding carboxylic acids is 1. The molecular formula is C14H15N5O2. The van der Waals surface area contributed by atoms with Crippen molar-refractivity contribution >= 4 is 28.4 Å². The van der Waals surface area contributed by atoms with Crippen molar-refractivity contribution in [3.8, 4) is 0 Å². The molecule has 0 radical (unpaired) electrons. The lowest BCUT2D eigenvalue weighted by Crippen LogP contribution is -2.39. The third-order valence-corrected chi connectivity index (χ3v) is 3.42. The molecule has 3 aromatic rings. The predicted molar refractivity (Wildman–Crippen MR) is 79.4 cm³/mol. The van der Waals surface area contributed by atoms with Gasteiger partial charge in [0.25, 0.3) is 0 Å². The first-order valence-corrected chi connectivity index (χ1v) is 6.82. The highest BCUT2D eigenvalue weighted by molar-refractivity contribution is 5.89. The first-order valence-electron chi connectivity index (χ1n) is 6.82. The van der Waals surface area contributed by atoms with Gasteiger partial charge in [0, 0.05) is 13.1 Å². The Morgan fingerprint density at radius 1 is 1.19 bits per heavy atom. The van der Waals surface area contributed by atoms with E-state index in [0.29, 0.717) is 29.8 Å². The van der Waals surface area contributed by atoms with Crippen LogP contribution >= 0.6 is 0 Å². The summed E-state index contributed by atoms with van der Waals surface area (Å²) in [6, 6.07) is 6.90. The molecule has 1 N–H and O–H groups in total. The van der Waals surface area contributed by atoms with Crippen LogP contribution in [0.25, 0.3) is 22.3 Å². The Balaban J connectivity index is 2.27. The summed E-state index contributed by atoms with van der Waals surface area (Å²) in [5.41, 5.74) is 1.38. The Kier molecular flexibility index (Phi) is 3.17. The van der Waals surface area contributed by atoms with Crippen molar-refractivity contribution in [1.29, 1.82) is 0 Å². The van der Waals surface area contributed by atoms with E-state index in [4.69, 9.17) is 0 Å². The monoisotopic (exact) mass is 285 g/mol. The Morgan fingerprint density at radius 2 is 1.81 bits per heavy atom. The van der Waals surface area contributed by atoms with E-state index in [-0.39, 0.29) is 11.7 Å². The van der Waals surface area contributed by atoms with Gasteiger partial charge in [0.1, 0.15) is 0 Å². The molecule has 0 aliphatic heterocycles. The van der Waals surface area contributed by atoms with Crippen LogP contribution in [0.4, 0.5) is 4.79 Å². The minimum absolute atomic E-state index is 0.260. The quantitative estimate of drug-likeness (QED) is 0.774. The van der Waals surface area contributed by atoms with Gasteiger partial charge in [-0.15, -0.1) is 0 Å². The maximum Gasteiger partial charge on any atom is 0.337 e. The summed E-state index contributed by atoms with van der Waals surface area (Å²) in [7, 11) is 0. The Bertz CT molecular complexity index is 876. The largest absolute Gasteiger partial charge is 0.337 e. The number of hydrogen-bond acceptors (Lipinski definition) is 4. The SMILES string of the molecule is CCN(CC)C(=O)n1c(=O)[nH]c2nc3ccccc3nc21. The molecule has 0 saturated heterocycles. The summed E-state index contributed by atoms with van der Waals surface area (Å²) in [6.07, 6.45) is 0. The van der Waals surface area contributed by atoms with E-state index in [1.165, 1.54) is 0 Å². The number of carbonyl (C=O) groups is 1. The number of H-pyrrole nitrogens is 1. The predicted octanol–water partition coefficient (Wildman–Crippen LogP) is 1.58. The van der Waals surface area contributed by atoms with Gasteiger partial charge in [-0.25, -0.2) is 19.6 Å². The van der Waals surface area contributed by atoms with Crippen LogP contribution < -0.4 is 5.69 Å². The van der Waals surface area contributed by atoms with Crippen LogP contribution in [0, 0.1) is 0 Å². The number of nitrogens with zero attached hydrogens (tertiary/aromatic N) is 4. The van der Waals surface area contributed by atoms with Crippen molar-refractivity contribution < 1.29 is 4.79 Å². The molecule has 0 bridgehead atoms. The minimum atomic E-state index is -0.516. The molecule has 1 aromatic carbocycles. The summed E-state index contributed by atoms with van der Waals surface area (Å²) < 4.78 is 1.04. The second-order valence-corrected chi connectivity index (χ2v) is 4.60. The zero-order valence-electron chi connectivity index (χ0n) is 11.8. The Morgan fingerprint density at radius 3 is 2.43 bits per heavy atom. The normalized spacial score (nSPS) is 11.1. The maximum absolute atomic E-state index is 12.4. The van der Waals surface area contributed by atoms with Crippen molar-refractivity contribution in [3.05, 3.63) is 34.7 Å². The van der Waals surface area contributed by atoms with Crippen molar-refractivity contribution in [3.63, 3.8) is 0 Å². The van der Waals surface area contributed by atoms with Gasteiger partial charge in [-0.2, -0.15) is 4.57 Å². The maximum atomic E-state index is 12.4. The number of para-hydroxylation sites is 2. The van der Waals surface area contributed by atoms with E-state index in [1.807, 2.05) is 32.0 Å². The van der Waals surface area contributed by atoms with E-state index in [0.717, 1.165) is 4.57 Å². The van der Waals surface area contributed by atoms with E-state index in [1.54, 1.807) is 11.0 Å². The van der Waals surface area contributed by atoms with Crippen LogP contribution in [-0.2, 0) is 0 Å². The molecule has 0 spiro atoms. The molecule has 0 aliphatic rings.